The Labute approximate surface area is 103 Å². The molecule has 0 unspecified atom stereocenters. The standard InChI is InChI=1S/C12H10ClFN2O/c1-15-11-7-8(5-6-16-11)17-10-4-2-3-9(13)12(10)14/h2-7H,1H3,(H,15,16). The molecule has 0 atom stereocenters. The highest BCUT2D eigenvalue weighted by molar-refractivity contribution is 6.30. The molecule has 1 aromatic carbocycles. The summed E-state index contributed by atoms with van der Waals surface area (Å²) in [5.74, 6) is 0.651. The maximum atomic E-state index is 13.6. The fourth-order valence-electron chi connectivity index (χ4n) is 1.30. The van der Waals surface area contributed by atoms with Crippen molar-refractivity contribution in [1.29, 1.82) is 0 Å². The van der Waals surface area contributed by atoms with Crippen molar-refractivity contribution in [3.8, 4) is 11.5 Å². The van der Waals surface area contributed by atoms with Crippen molar-refractivity contribution in [2.45, 2.75) is 0 Å². The Morgan fingerprint density at radius 3 is 2.94 bits per heavy atom. The van der Waals surface area contributed by atoms with Crippen LogP contribution >= 0.6 is 11.6 Å². The van der Waals surface area contributed by atoms with Gasteiger partial charge in [-0.1, -0.05) is 17.7 Å². The van der Waals surface area contributed by atoms with Crippen LogP contribution in [0.1, 0.15) is 0 Å². The van der Waals surface area contributed by atoms with Crippen molar-refractivity contribution in [2.75, 3.05) is 12.4 Å². The summed E-state index contributed by atoms with van der Waals surface area (Å²) in [7, 11) is 1.74. The second-order valence-electron chi connectivity index (χ2n) is 3.28. The Morgan fingerprint density at radius 2 is 2.18 bits per heavy atom. The number of benzene rings is 1. The quantitative estimate of drug-likeness (QED) is 0.904. The molecule has 88 valence electrons. The number of pyridine rings is 1. The third-order valence-electron chi connectivity index (χ3n) is 2.13. The van der Waals surface area contributed by atoms with E-state index in [0.29, 0.717) is 11.6 Å². The van der Waals surface area contributed by atoms with Crippen molar-refractivity contribution >= 4 is 17.4 Å². The van der Waals surface area contributed by atoms with Crippen LogP contribution in [0.15, 0.2) is 36.5 Å². The van der Waals surface area contributed by atoms with Crippen molar-refractivity contribution in [3.05, 3.63) is 47.4 Å². The molecule has 0 aliphatic carbocycles. The molecule has 0 saturated carbocycles. The van der Waals surface area contributed by atoms with E-state index in [1.54, 1.807) is 31.4 Å². The summed E-state index contributed by atoms with van der Waals surface area (Å²) in [6.07, 6.45) is 1.57. The van der Waals surface area contributed by atoms with E-state index in [1.807, 2.05) is 0 Å². The zero-order valence-corrected chi connectivity index (χ0v) is 9.83. The van der Waals surface area contributed by atoms with Crippen molar-refractivity contribution < 1.29 is 9.13 Å². The normalized spacial score (nSPS) is 10.1. The van der Waals surface area contributed by atoms with Gasteiger partial charge in [-0.3, -0.25) is 0 Å². The van der Waals surface area contributed by atoms with E-state index in [4.69, 9.17) is 16.3 Å². The minimum atomic E-state index is -0.572. The van der Waals surface area contributed by atoms with Gasteiger partial charge in [-0.25, -0.2) is 9.37 Å². The van der Waals surface area contributed by atoms with Gasteiger partial charge in [0.15, 0.2) is 11.6 Å². The number of rotatable bonds is 3. The topological polar surface area (TPSA) is 34.1 Å². The molecule has 0 amide bonds. The SMILES string of the molecule is CNc1cc(Oc2cccc(Cl)c2F)ccn1. The first-order valence-electron chi connectivity index (χ1n) is 4.96. The molecule has 2 aromatic rings. The van der Waals surface area contributed by atoms with Crippen LogP contribution in [0, 0.1) is 5.82 Å². The number of aromatic nitrogens is 1. The molecule has 0 radical (unpaired) electrons. The average molecular weight is 253 g/mol. The van der Waals surface area contributed by atoms with Crippen LogP contribution < -0.4 is 10.1 Å². The number of nitrogens with one attached hydrogen (secondary N) is 1. The molecule has 0 saturated heterocycles. The molecule has 0 aliphatic heterocycles. The highest BCUT2D eigenvalue weighted by Crippen LogP contribution is 2.29. The number of hydrogen-bond donors (Lipinski definition) is 1. The summed E-state index contributed by atoms with van der Waals surface area (Å²) in [5, 5.41) is 2.90. The number of nitrogens with zero attached hydrogens (tertiary/aromatic N) is 1. The van der Waals surface area contributed by atoms with Crippen LogP contribution in [0.4, 0.5) is 10.2 Å². The molecule has 1 heterocycles. The van der Waals surface area contributed by atoms with Crippen molar-refractivity contribution in [3.63, 3.8) is 0 Å². The molecule has 0 bridgehead atoms. The largest absolute Gasteiger partial charge is 0.454 e. The summed E-state index contributed by atoms with van der Waals surface area (Å²) in [5.41, 5.74) is 0. The lowest BCUT2D eigenvalue weighted by molar-refractivity contribution is 0.442. The Morgan fingerprint density at radius 1 is 1.35 bits per heavy atom. The molecular formula is C12H10ClFN2O. The zero-order valence-electron chi connectivity index (χ0n) is 9.08. The van der Waals surface area contributed by atoms with E-state index in [9.17, 15) is 4.39 Å². The van der Waals surface area contributed by atoms with Gasteiger partial charge in [0.2, 0.25) is 0 Å². The first-order valence-corrected chi connectivity index (χ1v) is 5.34. The van der Waals surface area contributed by atoms with Gasteiger partial charge in [-0.2, -0.15) is 0 Å². The van der Waals surface area contributed by atoms with E-state index >= 15 is 0 Å². The van der Waals surface area contributed by atoms with Crippen LogP contribution in [-0.4, -0.2) is 12.0 Å². The van der Waals surface area contributed by atoms with Crippen LogP contribution in [0.5, 0.6) is 11.5 Å². The van der Waals surface area contributed by atoms with E-state index in [-0.39, 0.29) is 10.8 Å². The third kappa shape index (κ3) is 2.65. The Bertz CT molecular complexity index is 534. The maximum absolute atomic E-state index is 13.6. The summed E-state index contributed by atoms with van der Waals surface area (Å²) < 4.78 is 19.0. The predicted octanol–water partition coefficient (Wildman–Crippen LogP) is 3.71. The first kappa shape index (κ1) is 11.7. The molecule has 5 heteroatoms. The fourth-order valence-corrected chi connectivity index (χ4v) is 1.47. The van der Waals surface area contributed by atoms with E-state index in [1.165, 1.54) is 12.1 Å². The van der Waals surface area contributed by atoms with Gasteiger partial charge in [0, 0.05) is 19.3 Å². The second-order valence-corrected chi connectivity index (χ2v) is 3.69. The highest BCUT2D eigenvalue weighted by atomic mass is 35.5. The van der Waals surface area contributed by atoms with Gasteiger partial charge >= 0.3 is 0 Å². The Balaban J connectivity index is 2.28. The van der Waals surface area contributed by atoms with Gasteiger partial charge in [0.1, 0.15) is 11.6 Å². The molecule has 0 fully saturated rings. The van der Waals surface area contributed by atoms with Crippen LogP contribution in [0.3, 0.4) is 0 Å². The molecule has 0 spiro atoms. The predicted molar refractivity (Wildman–Crippen MR) is 65.3 cm³/mol. The molecule has 0 aliphatic rings. The summed E-state index contributed by atoms with van der Waals surface area (Å²) in [6, 6.07) is 7.92. The van der Waals surface area contributed by atoms with E-state index in [2.05, 4.69) is 10.3 Å². The maximum Gasteiger partial charge on any atom is 0.184 e. The number of halogens is 2. The Hall–Kier alpha value is -1.81. The summed E-state index contributed by atoms with van der Waals surface area (Å²) in [6.45, 7) is 0. The molecule has 1 aromatic heterocycles. The smallest absolute Gasteiger partial charge is 0.184 e. The highest BCUT2D eigenvalue weighted by Gasteiger charge is 2.08. The fraction of sp³-hybridized carbons (Fsp3) is 0.0833. The van der Waals surface area contributed by atoms with Gasteiger partial charge in [-0.15, -0.1) is 0 Å². The molecule has 1 N–H and O–H groups in total. The van der Waals surface area contributed by atoms with Crippen molar-refractivity contribution in [1.82, 2.24) is 4.98 Å². The Kier molecular flexibility index (Phi) is 3.44. The molecule has 17 heavy (non-hydrogen) atoms. The minimum Gasteiger partial charge on any atom is -0.454 e. The molecular weight excluding hydrogens is 243 g/mol. The summed E-state index contributed by atoms with van der Waals surface area (Å²) >= 11 is 5.66. The average Bonchev–Trinajstić information content (AvgIpc) is 2.35. The lowest BCUT2D eigenvalue weighted by atomic mass is 10.3. The van der Waals surface area contributed by atoms with Gasteiger partial charge in [0.05, 0.1) is 5.02 Å². The van der Waals surface area contributed by atoms with Crippen LogP contribution in [-0.2, 0) is 0 Å². The second kappa shape index (κ2) is 5.01. The number of ether oxygens (including phenoxy) is 1. The van der Waals surface area contributed by atoms with Gasteiger partial charge in [-0.05, 0) is 18.2 Å². The van der Waals surface area contributed by atoms with Crippen LogP contribution in [0.25, 0.3) is 0 Å². The summed E-state index contributed by atoms with van der Waals surface area (Å²) in [4.78, 5) is 4.03. The number of hydrogen-bond acceptors (Lipinski definition) is 3. The first-order chi connectivity index (χ1) is 8.20. The van der Waals surface area contributed by atoms with Crippen molar-refractivity contribution in [2.24, 2.45) is 0 Å². The lowest BCUT2D eigenvalue weighted by Crippen LogP contribution is -1.93. The van der Waals surface area contributed by atoms with E-state index < -0.39 is 5.82 Å². The molecule has 3 nitrogen and oxygen atoms in total. The zero-order chi connectivity index (χ0) is 12.3. The van der Waals surface area contributed by atoms with Crippen LogP contribution in [0.2, 0.25) is 5.02 Å². The monoisotopic (exact) mass is 252 g/mol. The lowest BCUT2D eigenvalue weighted by Gasteiger charge is -2.08. The van der Waals surface area contributed by atoms with Gasteiger partial charge in [0.25, 0.3) is 0 Å². The number of anilines is 1. The van der Waals surface area contributed by atoms with Gasteiger partial charge < -0.3 is 10.1 Å². The van der Waals surface area contributed by atoms with E-state index in [0.717, 1.165) is 0 Å². The molecule has 2 rings (SSSR count). The minimum absolute atomic E-state index is 0.0328. The third-order valence-corrected chi connectivity index (χ3v) is 2.42.